The first kappa shape index (κ1) is 21.8. The van der Waals surface area contributed by atoms with Crippen LogP contribution >= 0.6 is 0 Å². The highest BCUT2D eigenvalue weighted by Gasteiger charge is 2.52. The Labute approximate surface area is 183 Å². The number of benzene rings is 1. The molecule has 2 amide bonds. The Bertz CT molecular complexity index is 881. The monoisotopic (exact) mass is 426 g/mol. The largest absolute Gasteiger partial charge is 0.330 e. The van der Waals surface area contributed by atoms with Crippen LogP contribution in [0.3, 0.4) is 0 Å². The van der Waals surface area contributed by atoms with Crippen LogP contribution in [0.5, 0.6) is 0 Å². The Morgan fingerprint density at radius 3 is 2.58 bits per heavy atom. The van der Waals surface area contributed by atoms with Gasteiger partial charge in [0.15, 0.2) is 0 Å². The van der Waals surface area contributed by atoms with Gasteiger partial charge in [0.1, 0.15) is 11.9 Å². The minimum Gasteiger partial charge on any atom is -0.330 e. The van der Waals surface area contributed by atoms with Gasteiger partial charge in [0.2, 0.25) is 11.8 Å². The molecule has 6 nitrogen and oxygen atoms in total. The fraction of sp³-hybridized carbons (Fsp3) is 0.625. The molecule has 0 N–H and O–H groups in total. The molecule has 3 heterocycles. The van der Waals surface area contributed by atoms with E-state index in [1.54, 1.807) is 17.0 Å². The molecular weight excluding hydrogens is 395 g/mol. The second kappa shape index (κ2) is 8.58. The van der Waals surface area contributed by atoms with E-state index in [0.717, 1.165) is 31.4 Å². The zero-order chi connectivity index (χ0) is 22.3. The van der Waals surface area contributed by atoms with Gasteiger partial charge >= 0.3 is 0 Å². The van der Waals surface area contributed by atoms with Crippen LogP contribution in [0.25, 0.3) is 0 Å². The molecule has 7 heteroatoms. The summed E-state index contributed by atoms with van der Waals surface area (Å²) in [4.78, 5) is 32.1. The van der Waals surface area contributed by atoms with Gasteiger partial charge in [-0.1, -0.05) is 32.9 Å². The van der Waals surface area contributed by atoms with Crippen molar-refractivity contribution in [3.8, 4) is 6.07 Å². The van der Waals surface area contributed by atoms with Crippen LogP contribution in [-0.4, -0.2) is 64.3 Å². The molecule has 0 aromatic heterocycles. The minimum absolute atomic E-state index is 0.0162. The van der Waals surface area contributed by atoms with E-state index in [2.05, 4.69) is 24.8 Å². The van der Waals surface area contributed by atoms with Crippen molar-refractivity contribution in [1.29, 1.82) is 5.26 Å². The molecule has 3 aliphatic heterocycles. The number of carbonyl (C=O) groups is 2. The lowest BCUT2D eigenvalue weighted by molar-refractivity contribution is -0.143. The van der Waals surface area contributed by atoms with E-state index < -0.39 is 0 Å². The average molecular weight is 427 g/mol. The van der Waals surface area contributed by atoms with Crippen LogP contribution in [-0.2, 0) is 9.59 Å². The maximum absolute atomic E-state index is 13.4. The second-order valence-electron chi connectivity index (χ2n) is 9.56. The molecule has 31 heavy (non-hydrogen) atoms. The van der Waals surface area contributed by atoms with Crippen molar-refractivity contribution in [3.63, 3.8) is 0 Å². The summed E-state index contributed by atoms with van der Waals surface area (Å²) in [5.74, 6) is -0.187. The number of nitrogens with zero attached hydrogens (tertiary/aromatic N) is 4. The first-order chi connectivity index (χ1) is 14.8. The van der Waals surface area contributed by atoms with Crippen molar-refractivity contribution in [2.75, 3.05) is 19.6 Å². The number of hydrogen-bond donors (Lipinski definition) is 0. The minimum atomic E-state index is -0.315. The molecule has 5 atom stereocenters. The van der Waals surface area contributed by atoms with Gasteiger partial charge in [0.25, 0.3) is 0 Å². The normalized spacial score (nSPS) is 27.7. The van der Waals surface area contributed by atoms with Crippen molar-refractivity contribution in [3.05, 3.63) is 35.6 Å². The molecule has 2 bridgehead atoms. The van der Waals surface area contributed by atoms with Gasteiger partial charge in [-0.05, 0) is 42.9 Å². The van der Waals surface area contributed by atoms with Crippen LogP contribution < -0.4 is 0 Å². The van der Waals surface area contributed by atoms with Crippen molar-refractivity contribution in [2.45, 2.75) is 64.2 Å². The summed E-state index contributed by atoms with van der Waals surface area (Å²) in [6.07, 6.45) is 2.39. The average Bonchev–Trinajstić information content (AvgIpc) is 3.44. The lowest BCUT2D eigenvalue weighted by atomic mass is 9.93. The highest BCUT2D eigenvalue weighted by molar-refractivity contribution is 5.86. The van der Waals surface area contributed by atoms with E-state index in [9.17, 15) is 19.2 Å². The first-order valence-electron chi connectivity index (χ1n) is 11.3. The third kappa shape index (κ3) is 3.94. The molecule has 4 rings (SSSR count). The van der Waals surface area contributed by atoms with Crippen LogP contribution in [0, 0.1) is 29.0 Å². The number of nitriles is 1. The Hall–Kier alpha value is -2.46. The second-order valence-corrected chi connectivity index (χ2v) is 9.56. The molecule has 0 radical (unpaired) electrons. The fourth-order valence-electron chi connectivity index (χ4n) is 5.66. The van der Waals surface area contributed by atoms with Crippen molar-refractivity contribution in [2.24, 2.45) is 11.8 Å². The molecule has 0 aliphatic carbocycles. The van der Waals surface area contributed by atoms with Crippen LogP contribution in [0.4, 0.5) is 4.39 Å². The van der Waals surface area contributed by atoms with E-state index >= 15 is 0 Å². The number of carbonyl (C=O) groups excluding carboxylic acids is 2. The van der Waals surface area contributed by atoms with Gasteiger partial charge in [-0.25, -0.2) is 4.39 Å². The Balaban J connectivity index is 1.44. The summed E-state index contributed by atoms with van der Waals surface area (Å²) < 4.78 is 13.4. The van der Waals surface area contributed by atoms with Crippen LogP contribution in [0.1, 0.15) is 51.6 Å². The smallest absolute Gasteiger partial charge is 0.240 e. The van der Waals surface area contributed by atoms with E-state index in [1.165, 1.54) is 12.1 Å². The van der Waals surface area contributed by atoms with Gasteiger partial charge in [-0.2, -0.15) is 5.26 Å². The topological polar surface area (TPSA) is 67.7 Å². The molecular formula is C24H31FN4O2. The Morgan fingerprint density at radius 2 is 1.97 bits per heavy atom. The Morgan fingerprint density at radius 1 is 1.26 bits per heavy atom. The summed E-state index contributed by atoms with van der Waals surface area (Å²) in [7, 11) is 0. The quantitative estimate of drug-likeness (QED) is 0.701. The summed E-state index contributed by atoms with van der Waals surface area (Å²) in [6.45, 7) is 8.02. The number of hydrogen-bond acceptors (Lipinski definition) is 4. The van der Waals surface area contributed by atoms with Crippen molar-refractivity contribution < 1.29 is 14.0 Å². The number of amides is 2. The molecule has 3 aliphatic rings. The molecule has 3 fully saturated rings. The molecule has 0 spiro atoms. The molecule has 1 aromatic rings. The molecule has 0 saturated carbocycles. The maximum atomic E-state index is 13.4. The lowest BCUT2D eigenvalue weighted by Crippen LogP contribution is -2.54. The van der Waals surface area contributed by atoms with Gasteiger partial charge in [0.05, 0.1) is 18.2 Å². The molecule has 1 aromatic carbocycles. The SMILES string of the molecule is CC(C)[C@@H](c1ccc(F)cc1)N1C(=O)[C@H]2C[C@@H]1CN2C[C@H](C)C(=O)N1CCC[C@H]1C#N. The summed E-state index contributed by atoms with van der Waals surface area (Å²) in [5, 5.41) is 9.28. The number of piperazine rings is 1. The van der Waals surface area contributed by atoms with Gasteiger partial charge in [-0.15, -0.1) is 0 Å². The number of likely N-dealkylation sites (tertiary alicyclic amines) is 3. The predicted octanol–water partition coefficient (Wildman–Crippen LogP) is 2.96. The number of fused-ring (bicyclic) bond motifs is 2. The van der Waals surface area contributed by atoms with Crippen molar-refractivity contribution in [1.82, 2.24) is 14.7 Å². The fourth-order valence-corrected chi connectivity index (χ4v) is 5.66. The predicted molar refractivity (Wildman–Crippen MR) is 114 cm³/mol. The summed E-state index contributed by atoms with van der Waals surface area (Å²) >= 11 is 0. The van der Waals surface area contributed by atoms with E-state index in [-0.39, 0.29) is 53.6 Å². The lowest BCUT2D eigenvalue weighted by Gasteiger charge is -2.41. The number of halogens is 1. The van der Waals surface area contributed by atoms with Crippen LogP contribution in [0.15, 0.2) is 24.3 Å². The zero-order valence-corrected chi connectivity index (χ0v) is 18.5. The molecule has 0 unspecified atom stereocenters. The summed E-state index contributed by atoms with van der Waals surface area (Å²) in [6, 6.07) is 8.21. The van der Waals surface area contributed by atoms with Gasteiger partial charge in [-0.3, -0.25) is 14.5 Å². The maximum Gasteiger partial charge on any atom is 0.240 e. The standard InChI is InChI=1S/C24H31FN4O2/c1-15(2)22(17-6-8-18(25)9-7-17)29-20-11-21(24(29)31)27(14-20)13-16(3)23(30)28-10-4-5-19(28)12-26/h6-9,15-16,19-22H,4-5,10-11,13-14H2,1-3H3/t16-,19-,20+,21+,22-/m0/s1. The number of rotatable bonds is 6. The summed E-state index contributed by atoms with van der Waals surface area (Å²) in [5.41, 5.74) is 0.962. The van der Waals surface area contributed by atoms with E-state index in [1.807, 2.05) is 11.8 Å². The van der Waals surface area contributed by atoms with Gasteiger partial charge in [0, 0.05) is 31.6 Å². The third-order valence-corrected chi connectivity index (χ3v) is 7.07. The highest BCUT2D eigenvalue weighted by atomic mass is 19.1. The van der Waals surface area contributed by atoms with Crippen molar-refractivity contribution >= 4 is 11.8 Å². The molecule has 3 saturated heterocycles. The van der Waals surface area contributed by atoms with E-state index in [0.29, 0.717) is 13.1 Å². The highest BCUT2D eigenvalue weighted by Crippen LogP contribution is 2.41. The van der Waals surface area contributed by atoms with Gasteiger partial charge < -0.3 is 9.80 Å². The van der Waals surface area contributed by atoms with Crippen LogP contribution in [0.2, 0.25) is 0 Å². The van der Waals surface area contributed by atoms with E-state index in [4.69, 9.17) is 0 Å². The third-order valence-electron chi connectivity index (χ3n) is 7.07. The first-order valence-corrected chi connectivity index (χ1v) is 11.3. The Kier molecular flexibility index (Phi) is 6.02. The zero-order valence-electron chi connectivity index (χ0n) is 18.5. The molecule has 166 valence electrons.